The Hall–Kier alpha value is -1.51. The summed E-state index contributed by atoms with van der Waals surface area (Å²) in [5, 5.41) is 0. The number of rotatable bonds is 7. The Morgan fingerprint density at radius 1 is 1.33 bits per heavy atom. The first-order valence-corrected chi connectivity index (χ1v) is 6.53. The van der Waals surface area contributed by atoms with Crippen molar-refractivity contribution in [2.24, 2.45) is 0 Å². The Morgan fingerprint density at radius 3 is 2.72 bits per heavy atom. The molecule has 1 aromatic rings. The number of benzene rings is 1. The van der Waals surface area contributed by atoms with Gasteiger partial charge in [0.25, 0.3) is 0 Å². The maximum absolute atomic E-state index is 11.7. The molecule has 100 valence electrons. The Kier molecular flexibility index (Phi) is 6.26. The van der Waals surface area contributed by atoms with E-state index in [2.05, 4.69) is 6.92 Å². The smallest absolute Gasteiger partial charge is 0.313 e. The lowest BCUT2D eigenvalue weighted by Crippen LogP contribution is -2.13. The quantitative estimate of drug-likeness (QED) is 0.548. The van der Waals surface area contributed by atoms with Gasteiger partial charge in [-0.3, -0.25) is 4.79 Å². The average Bonchev–Trinajstić information content (AvgIpc) is 2.40. The Bertz CT molecular complexity index is 374. The van der Waals surface area contributed by atoms with Gasteiger partial charge in [0.2, 0.25) is 0 Å². The van der Waals surface area contributed by atoms with Crippen molar-refractivity contribution >= 4 is 5.97 Å². The molecule has 0 N–H and O–H groups in total. The molecule has 1 unspecified atom stereocenters. The standard InChI is InChI=1S/C15H22O3/c1-4-6-10-18-13-9-7-8-12(11-13)14(5-2)15(16)17-3/h7-9,11,14H,4-6,10H2,1-3H3. The van der Waals surface area contributed by atoms with Crippen molar-refractivity contribution < 1.29 is 14.3 Å². The monoisotopic (exact) mass is 250 g/mol. The maximum atomic E-state index is 11.7. The molecule has 0 aliphatic heterocycles. The Labute approximate surface area is 109 Å². The fourth-order valence-corrected chi connectivity index (χ4v) is 1.84. The van der Waals surface area contributed by atoms with Crippen LogP contribution in [-0.4, -0.2) is 19.7 Å². The van der Waals surface area contributed by atoms with E-state index in [9.17, 15) is 4.79 Å². The zero-order valence-corrected chi connectivity index (χ0v) is 11.4. The maximum Gasteiger partial charge on any atom is 0.313 e. The second-order valence-corrected chi connectivity index (χ2v) is 4.26. The molecule has 0 saturated heterocycles. The van der Waals surface area contributed by atoms with Crippen LogP contribution in [0.1, 0.15) is 44.6 Å². The molecule has 1 aromatic carbocycles. The summed E-state index contributed by atoms with van der Waals surface area (Å²) in [7, 11) is 1.42. The van der Waals surface area contributed by atoms with Crippen molar-refractivity contribution in [1.29, 1.82) is 0 Å². The molecule has 1 atom stereocenters. The summed E-state index contributed by atoms with van der Waals surface area (Å²) in [5.41, 5.74) is 0.957. The highest BCUT2D eigenvalue weighted by Crippen LogP contribution is 2.24. The topological polar surface area (TPSA) is 35.5 Å². The van der Waals surface area contributed by atoms with Crippen molar-refractivity contribution in [3.63, 3.8) is 0 Å². The fourth-order valence-electron chi connectivity index (χ4n) is 1.84. The summed E-state index contributed by atoms with van der Waals surface area (Å²) in [6.45, 7) is 4.82. The van der Waals surface area contributed by atoms with Crippen LogP contribution in [0.4, 0.5) is 0 Å². The van der Waals surface area contributed by atoms with Gasteiger partial charge in [0.1, 0.15) is 5.75 Å². The molecule has 0 radical (unpaired) electrons. The number of ether oxygens (including phenoxy) is 2. The molecule has 0 bridgehead atoms. The third-order valence-electron chi connectivity index (χ3n) is 2.92. The van der Waals surface area contributed by atoms with Crippen molar-refractivity contribution in [3.05, 3.63) is 29.8 Å². The van der Waals surface area contributed by atoms with Gasteiger partial charge in [0.15, 0.2) is 0 Å². The SMILES string of the molecule is CCCCOc1cccc(C(CC)C(=O)OC)c1. The lowest BCUT2D eigenvalue weighted by molar-refractivity contribution is -0.142. The molecule has 0 aliphatic rings. The number of esters is 1. The van der Waals surface area contributed by atoms with E-state index in [1.165, 1.54) is 7.11 Å². The van der Waals surface area contributed by atoms with E-state index in [1.807, 2.05) is 31.2 Å². The second-order valence-electron chi connectivity index (χ2n) is 4.26. The zero-order chi connectivity index (χ0) is 13.4. The Morgan fingerprint density at radius 2 is 2.11 bits per heavy atom. The number of hydrogen-bond donors (Lipinski definition) is 0. The highest BCUT2D eigenvalue weighted by molar-refractivity contribution is 5.78. The van der Waals surface area contributed by atoms with Crippen LogP contribution in [0.2, 0.25) is 0 Å². The second kappa shape index (κ2) is 7.75. The Balaban J connectivity index is 2.76. The molecule has 0 spiro atoms. The molecule has 0 amide bonds. The fraction of sp³-hybridized carbons (Fsp3) is 0.533. The van der Waals surface area contributed by atoms with Crippen molar-refractivity contribution in [3.8, 4) is 5.75 Å². The molecule has 3 heteroatoms. The molecule has 3 nitrogen and oxygen atoms in total. The first-order valence-electron chi connectivity index (χ1n) is 6.53. The van der Waals surface area contributed by atoms with E-state index in [1.54, 1.807) is 0 Å². The molecule has 18 heavy (non-hydrogen) atoms. The van der Waals surface area contributed by atoms with Crippen LogP contribution in [0.25, 0.3) is 0 Å². The summed E-state index contributed by atoms with van der Waals surface area (Å²) in [6.07, 6.45) is 2.88. The summed E-state index contributed by atoms with van der Waals surface area (Å²) < 4.78 is 10.5. The first kappa shape index (κ1) is 14.6. The normalized spacial score (nSPS) is 11.9. The van der Waals surface area contributed by atoms with Gasteiger partial charge in [-0.1, -0.05) is 32.4 Å². The molecule has 0 fully saturated rings. The summed E-state index contributed by atoms with van der Waals surface area (Å²) in [4.78, 5) is 11.7. The number of hydrogen-bond acceptors (Lipinski definition) is 3. The van der Waals surface area contributed by atoms with Gasteiger partial charge in [-0.2, -0.15) is 0 Å². The molecule has 0 aliphatic carbocycles. The highest BCUT2D eigenvalue weighted by Gasteiger charge is 2.19. The molecule has 1 rings (SSSR count). The summed E-state index contributed by atoms with van der Waals surface area (Å²) in [6, 6.07) is 7.71. The van der Waals surface area contributed by atoms with E-state index >= 15 is 0 Å². The average molecular weight is 250 g/mol. The first-order chi connectivity index (χ1) is 8.72. The van der Waals surface area contributed by atoms with E-state index in [0.717, 1.165) is 37.2 Å². The predicted molar refractivity (Wildman–Crippen MR) is 71.9 cm³/mol. The molecular weight excluding hydrogens is 228 g/mol. The van der Waals surface area contributed by atoms with Gasteiger partial charge in [0.05, 0.1) is 19.6 Å². The van der Waals surface area contributed by atoms with E-state index in [-0.39, 0.29) is 11.9 Å². The third kappa shape index (κ3) is 4.06. The minimum atomic E-state index is -0.204. The summed E-state index contributed by atoms with van der Waals surface area (Å²) >= 11 is 0. The summed E-state index contributed by atoms with van der Waals surface area (Å²) in [5.74, 6) is 0.427. The van der Waals surface area contributed by atoms with Crippen LogP contribution < -0.4 is 4.74 Å². The van der Waals surface area contributed by atoms with Crippen molar-refractivity contribution in [1.82, 2.24) is 0 Å². The van der Waals surface area contributed by atoms with Crippen LogP contribution in [0.5, 0.6) is 5.75 Å². The molecule has 0 heterocycles. The van der Waals surface area contributed by atoms with Gasteiger partial charge in [-0.05, 0) is 30.5 Å². The number of methoxy groups -OCH3 is 1. The van der Waals surface area contributed by atoms with Crippen LogP contribution in [0, 0.1) is 0 Å². The lowest BCUT2D eigenvalue weighted by Gasteiger charge is -2.14. The van der Waals surface area contributed by atoms with Gasteiger partial charge >= 0.3 is 5.97 Å². The third-order valence-corrected chi connectivity index (χ3v) is 2.92. The van der Waals surface area contributed by atoms with Crippen molar-refractivity contribution in [2.45, 2.75) is 39.0 Å². The zero-order valence-electron chi connectivity index (χ0n) is 11.4. The van der Waals surface area contributed by atoms with Gasteiger partial charge < -0.3 is 9.47 Å². The number of unbranched alkanes of at least 4 members (excludes halogenated alkanes) is 1. The number of carbonyl (C=O) groups is 1. The van der Waals surface area contributed by atoms with Crippen LogP contribution >= 0.6 is 0 Å². The van der Waals surface area contributed by atoms with Crippen LogP contribution in [0.15, 0.2) is 24.3 Å². The van der Waals surface area contributed by atoms with Crippen molar-refractivity contribution in [2.75, 3.05) is 13.7 Å². The minimum absolute atomic E-state index is 0.191. The van der Waals surface area contributed by atoms with Gasteiger partial charge in [-0.15, -0.1) is 0 Å². The largest absolute Gasteiger partial charge is 0.494 e. The van der Waals surface area contributed by atoms with Gasteiger partial charge in [-0.25, -0.2) is 0 Å². The predicted octanol–water partition coefficient (Wildman–Crippen LogP) is 3.53. The molecular formula is C15H22O3. The highest BCUT2D eigenvalue weighted by atomic mass is 16.5. The van der Waals surface area contributed by atoms with E-state index < -0.39 is 0 Å². The molecule has 0 aromatic heterocycles. The molecule has 0 saturated carbocycles. The lowest BCUT2D eigenvalue weighted by atomic mass is 9.96. The van der Waals surface area contributed by atoms with Gasteiger partial charge in [0, 0.05) is 0 Å². The number of carbonyl (C=O) groups excluding carboxylic acids is 1. The minimum Gasteiger partial charge on any atom is -0.494 e. The van der Waals surface area contributed by atoms with E-state index in [4.69, 9.17) is 9.47 Å². The van der Waals surface area contributed by atoms with Crippen LogP contribution in [-0.2, 0) is 9.53 Å². The van der Waals surface area contributed by atoms with E-state index in [0.29, 0.717) is 0 Å². The van der Waals surface area contributed by atoms with Crippen LogP contribution in [0.3, 0.4) is 0 Å².